The van der Waals surface area contributed by atoms with Crippen LogP contribution < -0.4 is 5.32 Å². The third-order valence-electron chi connectivity index (χ3n) is 2.64. The number of aromatic nitrogens is 4. The van der Waals surface area contributed by atoms with Crippen LogP contribution in [0.3, 0.4) is 0 Å². The van der Waals surface area contributed by atoms with Crippen LogP contribution >= 0.6 is 11.3 Å². The molecule has 6 heteroatoms. The highest BCUT2D eigenvalue weighted by Gasteiger charge is 2.04. The summed E-state index contributed by atoms with van der Waals surface area (Å²) >= 11 is 1.67. The van der Waals surface area contributed by atoms with Crippen LogP contribution in [0.1, 0.15) is 16.5 Å². The lowest BCUT2D eigenvalue weighted by Crippen LogP contribution is -2.15. The van der Waals surface area contributed by atoms with E-state index in [4.69, 9.17) is 0 Å². The van der Waals surface area contributed by atoms with Crippen LogP contribution in [0.2, 0.25) is 0 Å². The van der Waals surface area contributed by atoms with E-state index in [1.807, 2.05) is 35.7 Å². The van der Waals surface area contributed by atoms with E-state index in [0.717, 1.165) is 28.7 Å². The van der Waals surface area contributed by atoms with Gasteiger partial charge < -0.3 is 5.32 Å². The molecule has 0 aliphatic heterocycles. The van der Waals surface area contributed by atoms with E-state index in [9.17, 15) is 0 Å². The normalized spacial score (nSPS) is 11.2. The van der Waals surface area contributed by atoms with Gasteiger partial charge in [0.05, 0.1) is 17.2 Å². The SMILES string of the molecule is Cc1nc(CNCc2nnc3ccccn23)cs1. The van der Waals surface area contributed by atoms with Gasteiger partial charge in [-0.1, -0.05) is 6.07 Å². The van der Waals surface area contributed by atoms with Gasteiger partial charge in [-0.05, 0) is 19.1 Å². The number of hydrogen-bond donors (Lipinski definition) is 1. The highest BCUT2D eigenvalue weighted by Crippen LogP contribution is 2.08. The van der Waals surface area contributed by atoms with Crippen molar-refractivity contribution in [2.45, 2.75) is 20.0 Å². The third kappa shape index (κ3) is 2.25. The summed E-state index contributed by atoms with van der Waals surface area (Å²) in [4.78, 5) is 4.41. The van der Waals surface area contributed by atoms with Crippen molar-refractivity contribution >= 4 is 17.0 Å². The van der Waals surface area contributed by atoms with Gasteiger partial charge in [0.15, 0.2) is 11.5 Å². The summed E-state index contributed by atoms with van der Waals surface area (Å²) in [7, 11) is 0. The molecule has 0 radical (unpaired) electrons. The minimum atomic E-state index is 0.682. The van der Waals surface area contributed by atoms with E-state index in [1.165, 1.54) is 0 Å². The minimum absolute atomic E-state index is 0.682. The molecule has 18 heavy (non-hydrogen) atoms. The first kappa shape index (κ1) is 11.3. The van der Waals surface area contributed by atoms with Crippen molar-refractivity contribution in [1.82, 2.24) is 24.9 Å². The predicted octanol–water partition coefficient (Wildman–Crippen LogP) is 1.78. The van der Waals surface area contributed by atoms with Crippen LogP contribution in [0, 0.1) is 6.92 Å². The molecule has 0 unspecified atom stereocenters. The molecule has 0 spiro atoms. The van der Waals surface area contributed by atoms with Gasteiger partial charge in [0.2, 0.25) is 0 Å². The lowest BCUT2D eigenvalue weighted by atomic mass is 10.4. The lowest BCUT2D eigenvalue weighted by molar-refractivity contribution is 0.648. The predicted molar refractivity (Wildman–Crippen MR) is 70.4 cm³/mol. The second-order valence-electron chi connectivity index (χ2n) is 4.01. The lowest BCUT2D eigenvalue weighted by Gasteiger charge is -2.01. The summed E-state index contributed by atoms with van der Waals surface area (Å²) in [6.45, 7) is 3.45. The summed E-state index contributed by atoms with van der Waals surface area (Å²) in [6, 6.07) is 5.88. The monoisotopic (exact) mass is 259 g/mol. The topological polar surface area (TPSA) is 55.1 Å². The molecule has 92 valence electrons. The van der Waals surface area contributed by atoms with Gasteiger partial charge in [-0.15, -0.1) is 21.5 Å². The van der Waals surface area contributed by atoms with E-state index in [2.05, 4.69) is 25.9 Å². The van der Waals surface area contributed by atoms with E-state index in [-0.39, 0.29) is 0 Å². The number of hydrogen-bond acceptors (Lipinski definition) is 5. The Hall–Kier alpha value is -1.79. The molecule has 0 aliphatic rings. The Morgan fingerprint density at radius 1 is 1.28 bits per heavy atom. The van der Waals surface area contributed by atoms with Crippen LogP contribution in [0.15, 0.2) is 29.8 Å². The molecule has 3 heterocycles. The van der Waals surface area contributed by atoms with Crippen LogP contribution in [0.25, 0.3) is 5.65 Å². The Morgan fingerprint density at radius 3 is 3.06 bits per heavy atom. The molecular weight excluding hydrogens is 246 g/mol. The molecule has 0 saturated carbocycles. The van der Waals surface area contributed by atoms with Crippen molar-refractivity contribution in [3.8, 4) is 0 Å². The molecule has 5 nitrogen and oxygen atoms in total. The molecule has 0 aliphatic carbocycles. The first-order valence-corrected chi connectivity index (χ1v) is 6.61. The standard InChI is InChI=1S/C12H13N5S/c1-9-14-10(8-18-9)6-13-7-12-16-15-11-4-2-3-5-17(11)12/h2-5,8,13H,6-7H2,1H3. The Morgan fingerprint density at radius 2 is 2.22 bits per heavy atom. The molecule has 1 N–H and O–H groups in total. The molecule has 3 aromatic rings. The minimum Gasteiger partial charge on any atom is -0.304 e. The van der Waals surface area contributed by atoms with Crippen molar-refractivity contribution in [1.29, 1.82) is 0 Å². The van der Waals surface area contributed by atoms with E-state index in [1.54, 1.807) is 11.3 Å². The first-order chi connectivity index (χ1) is 8.83. The van der Waals surface area contributed by atoms with Gasteiger partial charge in [-0.25, -0.2) is 4.98 Å². The number of aryl methyl sites for hydroxylation is 1. The Balaban J connectivity index is 1.66. The van der Waals surface area contributed by atoms with Crippen molar-refractivity contribution in [2.24, 2.45) is 0 Å². The summed E-state index contributed by atoms with van der Waals surface area (Å²) in [6.07, 6.45) is 1.97. The number of thiazole rings is 1. The fraction of sp³-hybridized carbons (Fsp3) is 0.250. The Kier molecular flexibility index (Phi) is 3.04. The molecule has 3 rings (SSSR count). The van der Waals surface area contributed by atoms with Gasteiger partial charge >= 0.3 is 0 Å². The van der Waals surface area contributed by atoms with Crippen molar-refractivity contribution < 1.29 is 0 Å². The van der Waals surface area contributed by atoms with Gasteiger partial charge in [-0.3, -0.25) is 4.40 Å². The quantitative estimate of drug-likeness (QED) is 0.776. The van der Waals surface area contributed by atoms with Crippen LogP contribution in [0.4, 0.5) is 0 Å². The number of pyridine rings is 1. The maximum Gasteiger partial charge on any atom is 0.160 e. The van der Waals surface area contributed by atoms with Crippen LogP contribution in [-0.4, -0.2) is 19.6 Å². The average molecular weight is 259 g/mol. The zero-order chi connectivity index (χ0) is 12.4. The molecule has 0 fully saturated rings. The largest absolute Gasteiger partial charge is 0.304 e. The van der Waals surface area contributed by atoms with Gasteiger partial charge in [0.1, 0.15) is 0 Å². The molecule has 0 saturated heterocycles. The molecule has 0 bridgehead atoms. The third-order valence-corrected chi connectivity index (χ3v) is 3.46. The molecular formula is C12H13N5S. The number of fused-ring (bicyclic) bond motifs is 1. The molecule has 0 amide bonds. The smallest absolute Gasteiger partial charge is 0.160 e. The summed E-state index contributed by atoms with van der Waals surface area (Å²) in [5.74, 6) is 0.914. The first-order valence-electron chi connectivity index (χ1n) is 5.73. The van der Waals surface area contributed by atoms with Gasteiger partial charge in [-0.2, -0.15) is 0 Å². The second kappa shape index (κ2) is 4.83. The summed E-state index contributed by atoms with van der Waals surface area (Å²) in [5, 5.41) is 14.8. The summed E-state index contributed by atoms with van der Waals surface area (Å²) < 4.78 is 1.99. The zero-order valence-electron chi connectivity index (χ0n) is 10.00. The summed E-state index contributed by atoms with van der Waals surface area (Å²) in [5.41, 5.74) is 1.95. The maximum absolute atomic E-state index is 4.41. The average Bonchev–Trinajstić information content (AvgIpc) is 2.97. The van der Waals surface area contributed by atoms with Crippen molar-refractivity contribution in [3.05, 3.63) is 46.3 Å². The Bertz CT molecular complexity index is 657. The molecule has 0 atom stereocenters. The second-order valence-corrected chi connectivity index (χ2v) is 5.07. The van der Waals surface area contributed by atoms with Crippen molar-refractivity contribution in [3.63, 3.8) is 0 Å². The van der Waals surface area contributed by atoms with E-state index < -0.39 is 0 Å². The van der Waals surface area contributed by atoms with E-state index in [0.29, 0.717) is 6.54 Å². The highest BCUT2D eigenvalue weighted by atomic mass is 32.1. The van der Waals surface area contributed by atoms with Crippen molar-refractivity contribution in [2.75, 3.05) is 0 Å². The fourth-order valence-corrected chi connectivity index (χ4v) is 2.42. The van der Waals surface area contributed by atoms with Gasteiger partial charge in [0, 0.05) is 18.1 Å². The number of rotatable bonds is 4. The van der Waals surface area contributed by atoms with Gasteiger partial charge in [0.25, 0.3) is 0 Å². The zero-order valence-corrected chi connectivity index (χ0v) is 10.8. The number of nitrogens with one attached hydrogen (secondary N) is 1. The Labute approximate surface area is 109 Å². The van der Waals surface area contributed by atoms with Crippen LogP contribution in [0.5, 0.6) is 0 Å². The highest BCUT2D eigenvalue weighted by molar-refractivity contribution is 7.09. The van der Waals surface area contributed by atoms with E-state index >= 15 is 0 Å². The van der Waals surface area contributed by atoms with Crippen LogP contribution in [-0.2, 0) is 13.1 Å². The fourth-order valence-electron chi connectivity index (χ4n) is 1.80. The molecule has 3 aromatic heterocycles. The molecule has 0 aromatic carbocycles. The number of nitrogens with zero attached hydrogens (tertiary/aromatic N) is 4. The maximum atomic E-state index is 4.41.